The molecule has 1 aromatic heterocycles. The molecule has 8 heteroatoms. The van der Waals surface area contributed by atoms with Gasteiger partial charge in [0.15, 0.2) is 5.82 Å². The molecule has 0 unspecified atom stereocenters. The summed E-state index contributed by atoms with van der Waals surface area (Å²) in [5.74, 6) is 1.07. The van der Waals surface area contributed by atoms with Crippen LogP contribution in [-0.2, 0) is 4.43 Å². The zero-order chi connectivity index (χ0) is 18.7. The van der Waals surface area contributed by atoms with Gasteiger partial charge in [0.1, 0.15) is 0 Å². The van der Waals surface area contributed by atoms with Crippen LogP contribution in [0.15, 0.2) is 46.0 Å². The van der Waals surface area contributed by atoms with Crippen LogP contribution >= 0.6 is 15.9 Å². The Morgan fingerprint density at radius 1 is 1.00 bits per heavy atom. The Morgan fingerprint density at radius 2 is 1.64 bits per heavy atom. The third kappa shape index (κ3) is 6.71. The van der Waals surface area contributed by atoms with Gasteiger partial charge in [-0.2, -0.15) is 9.98 Å². The molecule has 25 heavy (non-hydrogen) atoms. The second-order valence-corrected chi connectivity index (χ2v) is 17.2. The normalized spacial score (nSPS) is 12.8. The Morgan fingerprint density at radius 3 is 2.20 bits per heavy atom. The summed E-state index contributed by atoms with van der Waals surface area (Å²) in [4.78, 5) is 13.4. The Bertz CT molecular complexity index is 757. The van der Waals surface area contributed by atoms with Crippen molar-refractivity contribution in [3.8, 4) is 6.01 Å². The predicted octanol–water partition coefficient (Wildman–Crippen LogP) is 5.38. The Labute approximate surface area is 159 Å². The molecular weight excluding hydrogens is 414 g/mol. The van der Waals surface area contributed by atoms with Crippen molar-refractivity contribution >= 4 is 44.3 Å². The molecule has 0 aliphatic carbocycles. The van der Waals surface area contributed by atoms with Gasteiger partial charge in [-0.15, -0.1) is 0 Å². The molecule has 5 nitrogen and oxygen atoms in total. The summed E-state index contributed by atoms with van der Waals surface area (Å²) < 4.78 is 12.8. The summed E-state index contributed by atoms with van der Waals surface area (Å²) in [5.41, 5.74) is 0.920. The summed E-state index contributed by atoms with van der Waals surface area (Å²) >= 11 is 3.47. The molecule has 0 N–H and O–H groups in total. The molecule has 1 aromatic carbocycles. The van der Waals surface area contributed by atoms with E-state index in [9.17, 15) is 0 Å². The molecule has 0 amide bonds. The standard InChI is InChI=1S/C17H24BrN3O2Si2/c1-24(2,3)22-16(13-10-8-7-9-11-13)20-15-14(18)12-19-17(21-15)23-25(4,5)6/h7-12H,1-6H3. The second kappa shape index (κ2) is 7.80. The van der Waals surface area contributed by atoms with Crippen LogP contribution in [-0.4, -0.2) is 32.5 Å². The highest BCUT2D eigenvalue weighted by Crippen LogP contribution is 2.26. The highest BCUT2D eigenvalue weighted by molar-refractivity contribution is 9.10. The molecule has 1 heterocycles. The number of nitrogens with zero attached hydrogens (tertiary/aromatic N) is 3. The fourth-order valence-corrected chi connectivity index (χ4v) is 3.53. The fraction of sp³-hybridized carbons (Fsp3) is 0.353. The molecule has 0 spiro atoms. The topological polar surface area (TPSA) is 56.6 Å². The molecule has 0 saturated heterocycles. The lowest BCUT2D eigenvalue weighted by atomic mass is 10.2. The van der Waals surface area contributed by atoms with Gasteiger partial charge in [-0.3, -0.25) is 0 Å². The fourth-order valence-electron chi connectivity index (χ4n) is 1.86. The Hall–Kier alpha value is -1.52. The number of hydrogen-bond acceptors (Lipinski definition) is 5. The molecule has 0 aliphatic rings. The van der Waals surface area contributed by atoms with E-state index >= 15 is 0 Å². The van der Waals surface area contributed by atoms with Crippen LogP contribution in [0.1, 0.15) is 5.56 Å². The van der Waals surface area contributed by atoms with Crippen LogP contribution in [0.4, 0.5) is 5.82 Å². The highest BCUT2D eigenvalue weighted by Gasteiger charge is 2.22. The molecule has 134 valence electrons. The van der Waals surface area contributed by atoms with Crippen LogP contribution in [0.3, 0.4) is 0 Å². The minimum absolute atomic E-state index is 0.349. The molecular formula is C17H24BrN3O2Si2. The first-order valence-electron chi connectivity index (χ1n) is 8.08. The minimum Gasteiger partial charge on any atom is -0.531 e. The summed E-state index contributed by atoms with van der Waals surface area (Å²) in [6, 6.07) is 10.2. The molecule has 0 radical (unpaired) electrons. The summed E-state index contributed by atoms with van der Waals surface area (Å²) in [5, 5.41) is 0. The number of halogens is 1. The first kappa shape index (κ1) is 19.8. The van der Waals surface area contributed by atoms with Crippen LogP contribution < -0.4 is 4.43 Å². The van der Waals surface area contributed by atoms with Crippen molar-refractivity contribution in [2.45, 2.75) is 39.3 Å². The van der Waals surface area contributed by atoms with Gasteiger partial charge in [-0.05, 0) is 67.3 Å². The van der Waals surface area contributed by atoms with Crippen molar-refractivity contribution in [3.05, 3.63) is 46.6 Å². The van der Waals surface area contributed by atoms with Gasteiger partial charge in [-0.25, -0.2) is 4.98 Å². The minimum atomic E-state index is -1.84. The van der Waals surface area contributed by atoms with Gasteiger partial charge >= 0.3 is 6.01 Å². The number of rotatable bonds is 5. The van der Waals surface area contributed by atoms with Gasteiger partial charge < -0.3 is 8.85 Å². The third-order valence-electron chi connectivity index (χ3n) is 2.73. The van der Waals surface area contributed by atoms with Crippen molar-refractivity contribution < 1.29 is 8.85 Å². The zero-order valence-electron chi connectivity index (χ0n) is 15.5. The highest BCUT2D eigenvalue weighted by atomic mass is 79.9. The molecule has 0 saturated carbocycles. The van der Waals surface area contributed by atoms with E-state index in [1.54, 1.807) is 6.20 Å². The number of benzene rings is 1. The lowest BCUT2D eigenvalue weighted by molar-refractivity contribution is 0.509. The first-order chi connectivity index (χ1) is 11.5. The Balaban J connectivity index is 2.46. The van der Waals surface area contributed by atoms with Crippen LogP contribution in [0, 0.1) is 0 Å². The number of aromatic nitrogens is 2. The summed E-state index contributed by atoms with van der Waals surface area (Å²) in [7, 11) is -3.63. The molecule has 0 fully saturated rings. The van der Waals surface area contributed by atoms with Gasteiger partial charge in [0.05, 0.1) is 10.7 Å². The maximum Gasteiger partial charge on any atom is 0.304 e. The van der Waals surface area contributed by atoms with Crippen molar-refractivity contribution in [2.75, 3.05) is 0 Å². The molecule has 2 rings (SSSR count). The molecule has 0 bridgehead atoms. The maximum atomic E-state index is 6.20. The predicted molar refractivity (Wildman–Crippen MR) is 111 cm³/mol. The largest absolute Gasteiger partial charge is 0.531 e. The lowest BCUT2D eigenvalue weighted by Crippen LogP contribution is -2.30. The number of hydrogen-bond donors (Lipinski definition) is 0. The van der Waals surface area contributed by atoms with E-state index in [0.717, 1.165) is 5.56 Å². The summed E-state index contributed by atoms with van der Waals surface area (Å²) in [6.45, 7) is 12.6. The lowest BCUT2D eigenvalue weighted by Gasteiger charge is -2.21. The average Bonchev–Trinajstić information content (AvgIpc) is 2.48. The van der Waals surface area contributed by atoms with Gasteiger partial charge in [0.2, 0.25) is 22.5 Å². The van der Waals surface area contributed by atoms with Gasteiger partial charge in [0, 0.05) is 5.56 Å². The van der Waals surface area contributed by atoms with Gasteiger partial charge in [-0.1, -0.05) is 18.2 Å². The Kier molecular flexibility index (Phi) is 6.18. The van der Waals surface area contributed by atoms with Crippen molar-refractivity contribution in [1.82, 2.24) is 9.97 Å². The van der Waals surface area contributed by atoms with Crippen molar-refractivity contribution in [3.63, 3.8) is 0 Å². The maximum absolute atomic E-state index is 6.20. The van der Waals surface area contributed by atoms with E-state index in [0.29, 0.717) is 22.2 Å². The van der Waals surface area contributed by atoms with E-state index in [1.165, 1.54) is 0 Å². The molecule has 2 aromatic rings. The third-order valence-corrected chi connectivity index (χ3v) is 4.89. The van der Waals surface area contributed by atoms with E-state index in [1.807, 2.05) is 30.3 Å². The van der Waals surface area contributed by atoms with Crippen molar-refractivity contribution in [1.29, 1.82) is 0 Å². The van der Waals surface area contributed by atoms with Crippen LogP contribution in [0.25, 0.3) is 0 Å². The van der Waals surface area contributed by atoms with Crippen LogP contribution in [0.2, 0.25) is 39.3 Å². The second-order valence-electron chi connectivity index (χ2n) is 7.54. The van der Waals surface area contributed by atoms with Gasteiger partial charge in [0.25, 0.3) is 0 Å². The molecule has 0 atom stereocenters. The first-order valence-corrected chi connectivity index (χ1v) is 15.7. The van der Waals surface area contributed by atoms with E-state index < -0.39 is 16.6 Å². The van der Waals surface area contributed by atoms with Crippen LogP contribution in [0.5, 0.6) is 6.01 Å². The molecule has 0 aliphatic heterocycles. The SMILES string of the molecule is C[Si](C)(C)OC(=Nc1nc(O[Si](C)(C)C)ncc1Br)c1ccccc1. The van der Waals surface area contributed by atoms with E-state index in [4.69, 9.17) is 8.85 Å². The summed E-state index contributed by atoms with van der Waals surface area (Å²) in [6.07, 6.45) is 1.67. The number of aliphatic imine (C=N–C) groups is 1. The smallest absolute Gasteiger partial charge is 0.304 e. The van der Waals surface area contributed by atoms with Crippen molar-refractivity contribution in [2.24, 2.45) is 4.99 Å². The van der Waals surface area contributed by atoms with E-state index in [2.05, 4.69) is 70.2 Å². The monoisotopic (exact) mass is 437 g/mol. The van der Waals surface area contributed by atoms with E-state index in [-0.39, 0.29) is 0 Å². The average molecular weight is 438 g/mol. The zero-order valence-corrected chi connectivity index (χ0v) is 19.1. The quantitative estimate of drug-likeness (QED) is 0.357.